The third-order valence-corrected chi connectivity index (χ3v) is 5.53. The number of alkyl halides is 2. The second-order valence-corrected chi connectivity index (χ2v) is 8.11. The summed E-state index contributed by atoms with van der Waals surface area (Å²) in [6, 6.07) is 11.1. The first-order chi connectivity index (χ1) is 12.3. The van der Waals surface area contributed by atoms with E-state index in [-0.39, 0.29) is 16.6 Å². The van der Waals surface area contributed by atoms with Crippen LogP contribution >= 0.6 is 34.8 Å². The minimum Gasteiger partial charge on any atom is -0.326 e. The number of nitrogens with zero attached hydrogens (tertiary/aromatic N) is 1. The van der Waals surface area contributed by atoms with E-state index < -0.39 is 22.1 Å². The van der Waals surface area contributed by atoms with E-state index in [2.05, 4.69) is 5.32 Å². The van der Waals surface area contributed by atoms with Crippen molar-refractivity contribution < 1.29 is 14.4 Å². The van der Waals surface area contributed by atoms with Gasteiger partial charge in [-0.15, -0.1) is 23.2 Å². The molecule has 0 radical (unpaired) electrons. The van der Waals surface area contributed by atoms with Crippen molar-refractivity contribution in [1.29, 1.82) is 0 Å². The lowest BCUT2D eigenvalue weighted by Crippen LogP contribution is -2.29. The Labute approximate surface area is 163 Å². The first-order valence-electron chi connectivity index (χ1n) is 7.75. The highest BCUT2D eigenvalue weighted by Crippen LogP contribution is 2.53. The molecule has 2 aliphatic rings. The fourth-order valence-electron chi connectivity index (χ4n) is 2.90. The van der Waals surface area contributed by atoms with Crippen LogP contribution in [-0.2, 0) is 4.79 Å². The van der Waals surface area contributed by atoms with Gasteiger partial charge in [0.05, 0.1) is 27.8 Å². The Balaban J connectivity index is 1.59. The maximum atomic E-state index is 12.5. The Hall–Kier alpha value is -2.08. The summed E-state index contributed by atoms with van der Waals surface area (Å²) in [4.78, 5) is 38.2. The van der Waals surface area contributed by atoms with Crippen molar-refractivity contribution in [1.82, 2.24) is 0 Å². The van der Waals surface area contributed by atoms with Crippen molar-refractivity contribution in [3.8, 4) is 0 Å². The number of nitrogens with one attached hydrogen (secondary N) is 1. The Morgan fingerprint density at radius 1 is 1.08 bits per heavy atom. The number of hydrogen-bond acceptors (Lipinski definition) is 3. The molecule has 1 N–H and O–H groups in total. The standard InChI is InChI=1S/C18H11Cl3N2O3/c19-13-7-9(22-15(24)12-8-18(12,20)21)5-6-14(13)23-16(25)10-3-1-2-4-11(10)17(23)26/h1-7,12H,8H2,(H,22,24). The molecule has 8 heteroatoms. The van der Waals surface area contributed by atoms with Gasteiger partial charge in [0, 0.05) is 5.69 Å². The van der Waals surface area contributed by atoms with E-state index in [1.165, 1.54) is 12.1 Å². The molecule has 26 heavy (non-hydrogen) atoms. The summed E-state index contributed by atoms with van der Waals surface area (Å²) in [7, 11) is 0. The molecule has 5 nitrogen and oxygen atoms in total. The third-order valence-electron chi connectivity index (χ3n) is 4.39. The molecule has 1 aliphatic carbocycles. The molecule has 2 aromatic rings. The summed E-state index contributed by atoms with van der Waals surface area (Å²) >= 11 is 18.0. The SMILES string of the molecule is O=C(Nc1ccc(N2C(=O)c3ccccc3C2=O)c(Cl)c1)C1CC1(Cl)Cl. The smallest absolute Gasteiger partial charge is 0.266 e. The summed E-state index contributed by atoms with van der Waals surface area (Å²) in [6.07, 6.45) is 0.392. The Morgan fingerprint density at radius 3 is 2.15 bits per heavy atom. The molecular weight excluding hydrogens is 399 g/mol. The zero-order valence-electron chi connectivity index (χ0n) is 13.1. The summed E-state index contributed by atoms with van der Waals surface area (Å²) < 4.78 is -1.02. The highest BCUT2D eigenvalue weighted by molar-refractivity contribution is 6.52. The second-order valence-electron chi connectivity index (χ2n) is 6.16. The van der Waals surface area contributed by atoms with Gasteiger partial charge in [0.15, 0.2) is 0 Å². The molecule has 0 spiro atoms. The maximum absolute atomic E-state index is 12.5. The van der Waals surface area contributed by atoms with Gasteiger partial charge in [-0.05, 0) is 36.8 Å². The predicted molar refractivity (Wildman–Crippen MR) is 100 cm³/mol. The van der Waals surface area contributed by atoms with E-state index in [1.54, 1.807) is 30.3 Å². The van der Waals surface area contributed by atoms with Crippen LogP contribution in [0.1, 0.15) is 27.1 Å². The van der Waals surface area contributed by atoms with Gasteiger partial charge >= 0.3 is 0 Å². The van der Waals surface area contributed by atoms with Crippen LogP contribution in [0.5, 0.6) is 0 Å². The molecular formula is C18H11Cl3N2O3. The fraction of sp³-hybridized carbons (Fsp3) is 0.167. The van der Waals surface area contributed by atoms with E-state index in [1.807, 2.05) is 0 Å². The largest absolute Gasteiger partial charge is 0.326 e. The summed E-state index contributed by atoms with van der Waals surface area (Å²) in [5.74, 6) is -1.65. The van der Waals surface area contributed by atoms with Gasteiger partial charge in [-0.3, -0.25) is 14.4 Å². The van der Waals surface area contributed by atoms with E-state index in [0.29, 0.717) is 23.2 Å². The number of carbonyl (C=O) groups excluding carboxylic acids is 3. The number of halogens is 3. The molecule has 4 rings (SSSR count). The average molecular weight is 410 g/mol. The quantitative estimate of drug-likeness (QED) is 0.608. The number of imide groups is 1. The van der Waals surface area contributed by atoms with E-state index in [9.17, 15) is 14.4 Å². The van der Waals surface area contributed by atoms with Gasteiger partial charge < -0.3 is 5.32 Å². The number of rotatable bonds is 3. The van der Waals surface area contributed by atoms with Gasteiger partial charge in [-0.2, -0.15) is 0 Å². The highest BCUT2D eigenvalue weighted by atomic mass is 35.5. The first-order valence-corrected chi connectivity index (χ1v) is 8.89. The van der Waals surface area contributed by atoms with Crippen LogP contribution in [0.3, 0.4) is 0 Å². The van der Waals surface area contributed by atoms with Crippen LogP contribution in [0, 0.1) is 5.92 Å². The van der Waals surface area contributed by atoms with Crippen LogP contribution in [0.15, 0.2) is 42.5 Å². The summed E-state index contributed by atoms with van der Waals surface area (Å²) in [6.45, 7) is 0. The van der Waals surface area contributed by atoms with Crippen molar-refractivity contribution in [2.24, 2.45) is 5.92 Å². The summed E-state index contributed by atoms with van der Waals surface area (Å²) in [5, 5.41) is 2.84. The number of carbonyl (C=O) groups is 3. The van der Waals surface area contributed by atoms with Gasteiger partial charge in [0.25, 0.3) is 11.8 Å². The van der Waals surface area contributed by atoms with Crippen molar-refractivity contribution in [3.63, 3.8) is 0 Å². The minimum absolute atomic E-state index is 0.163. The third kappa shape index (κ3) is 2.76. The zero-order valence-corrected chi connectivity index (χ0v) is 15.4. The second kappa shape index (κ2) is 5.98. The molecule has 2 aromatic carbocycles. The van der Waals surface area contributed by atoms with Gasteiger partial charge in [-0.1, -0.05) is 23.7 Å². The molecule has 0 aromatic heterocycles. The minimum atomic E-state index is -1.02. The molecule has 1 aliphatic heterocycles. The fourth-order valence-corrected chi connectivity index (χ4v) is 3.67. The average Bonchev–Trinajstić information content (AvgIpc) is 3.17. The highest BCUT2D eigenvalue weighted by Gasteiger charge is 2.56. The number of anilines is 2. The molecule has 3 amide bonds. The van der Waals surface area contributed by atoms with Gasteiger partial charge in [-0.25, -0.2) is 4.90 Å². The normalized spacial score (nSPS) is 20.1. The van der Waals surface area contributed by atoms with Crippen molar-refractivity contribution in [2.75, 3.05) is 10.2 Å². The number of benzene rings is 2. The van der Waals surface area contributed by atoms with Crippen molar-refractivity contribution in [2.45, 2.75) is 10.8 Å². The Morgan fingerprint density at radius 2 is 1.65 bits per heavy atom. The predicted octanol–water partition coefficient (Wildman–Crippen LogP) is 4.27. The van der Waals surface area contributed by atoms with Crippen LogP contribution in [0.4, 0.5) is 11.4 Å². The lowest BCUT2D eigenvalue weighted by Gasteiger charge is -2.16. The van der Waals surface area contributed by atoms with Crippen LogP contribution in [0.25, 0.3) is 0 Å². The van der Waals surface area contributed by atoms with Gasteiger partial charge in [0.1, 0.15) is 4.33 Å². The molecule has 1 saturated carbocycles. The monoisotopic (exact) mass is 408 g/mol. The number of hydrogen-bond donors (Lipinski definition) is 1. The molecule has 1 fully saturated rings. The van der Waals surface area contributed by atoms with Crippen molar-refractivity contribution >= 4 is 63.9 Å². The Kier molecular flexibility index (Phi) is 3.99. The topological polar surface area (TPSA) is 66.5 Å². The molecule has 0 bridgehead atoms. The molecule has 0 saturated heterocycles. The van der Waals surface area contributed by atoms with Crippen LogP contribution in [-0.4, -0.2) is 22.1 Å². The van der Waals surface area contributed by atoms with Crippen molar-refractivity contribution in [3.05, 3.63) is 58.6 Å². The molecule has 1 atom stereocenters. The number of amides is 3. The molecule has 132 valence electrons. The van der Waals surface area contributed by atoms with Gasteiger partial charge in [0.2, 0.25) is 5.91 Å². The maximum Gasteiger partial charge on any atom is 0.266 e. The molecule has 1 heterocycles. The van der Waals surface area contributed by atoms with E-state index >= 15 is 0 Å². The molecule has 1 unspecified atom stereocenters. The Bertz CT molecular complexity index is 939. The number of fused-ring (bicyclic) bond motifs is 1. The first kappa shape index (κ1) is 17.3. The lowest BCUT2D eigenvalue weighted by atomic mass is 10.1. The van der Waals surface area contributed by atoms with E-state index in [0.717, 1.165) is 4.90 Å². The zero-order chi connectivity index (χ0) is 18.6. The summed E-state index contributed by atoms with van der Waals surface area (Å²) in [5.41, 5.74) is 1.35. The van der Waals surface area contributed by atoms with E-state index in [4.69, 9.17) is 34.8 Å². The van der Waals surface area contributed by atoms with Crippen LogP contribution in [0.2, 0.25) is 5.02 Å². The van der Waals surface area contributed by atoms with Crippen LogP contribution < -0.4 is 10.2 Å². The lowest BCUT2D eigenvalue weighted by molar-refractivity contribution is -0.117.